The lowest BCUT2D eigenvalue weighted by atomic mass is 9.92. The molecule has 0 radical (unpaired) electrons. The summed E-state index contributed by atoms with van der Waals surface area (Å²) in [6.45, 7) is 2.09. The molecule has 6 nitrogen and oxygen atoms in total. The highest BCUT2D eigenvalue weighted by Crippen LogP contribution is 2.41. The summed E-state index contributed by atoms with van der Waals surface area (Å²) in [4.78, 5) is 32.4. The Bertz CT molecular complexity index is 1420. The maximum Gasteiger partial charge on any atom is 0.290 e. The summed E-state index contributed by atoms with van der Waals surface area (Å²) in [5.41, 5.74) is 2.91. The second kappa shape index (κ2) is 8.22. The van der Waals surface area contributed by atoms with E-state index in [0.717, 1.165) is 16.7 Å². The minimum Gasteiger partial charge on any atom is -0.503 e. The minimum atomic E-state index is -0.775. The van der Waals surface area contributed by atoms with Crippen LogP contribution in [0.15, 0.2) is 88.8 Å². The number of amides is 1. The summed E-state index contributed by atoms with van der Waals surface area (Å²) in [5.74, 6) is -1.70. The average molecular weight is 459 g/mol. The SMILES string of the molecule is Cc1ccccc1C1C(C(=O)c2cc3cc(Cl)ccc3o2)=C(O)C(=O)N1Cc1cccnc1. The number of aliphatic hydroxyl groups is 1. The van der Waals surface area contributed by atoms with Crippen molar-refractivity contribution in [2.45, 2.75) is 19.5 Å². The lowest BCUT2D eigenvalue weighted by Crippen LogP contribution is -2.31. The summed E-state index contributed by atoms with van der Waals surface area (Å²) in [5, 5.41) is 12.0. The van der Waals surface area contributed by atoms with Crippen molar-refractivity contribution in [2.75, 3.05) is 0 Å². The molecular formula is C26H19ClN2O4. The van der Waals surface area contributed by atoms with Crippen LogP contribution >= 0.6 is 11.6 Å². The first-order valence-corrected chi connectivity index (χ1v) is 10.7. The van der Waals surface area contributed by atoms with Gasteiger partial charge in [-0.25, -0.2) is 0 Å². The number of rotatable bonds is 5. The van der Waals surface area contributed by atoms with Gasteiger partial charge in [-0.2, -0.15) is 0 Å². The van der Waals surface area contributed by atoms with Crippen LogP contribution in [-0.2, 0) is 11.3 Å². The fourth-order valence-corrected chi connectivity index (χ4v) is 4.39. The van der Waals surface area contributed by atoms with Gasteiger partial charge in [-0.1, -0.05) is 41.9 Å². The van der Waals surface area contributed by atoms with E-state index in [1.807, 2.05) is 37.3 Å². The van der Waals surface area contributed by atoms with E-state index in [0.29, 0.717) is 16.0 Å². The number of carbonyl (C=O) groups excluding carboxylic acids is 2. The number of nitrogens with zero attached hydrogens (tertiary/aromatic N) is 2. The molecule has 0 bridgehead atoms. The normalized spacial score (nSPS) is 16.1. The van der Waals surface area contributed by atoms with Gasteiger partial charge in [-0.15, -0.1) is 0 Å². The molecule has 2 aromatic carbocycles. The van der Waals surface area contributed by atoms with Crippen molar-refractivity contribution in [3.05, 3.63) is 112 Å². The number of hydrogen-bond acceptors (Lipinski definition) is 5. The summed E-state index contributed by atoms with van der Waals surface area (Å²) >= 11 is 6.06. The molecule has 1 aliphatic rings. The van der Waals surface area contributed by atoms with Gasteiger partial charge >= 0.3 is 0 Å². The van der Waals surface area contributed by atoms with Crippen LogP contribution in [0.4, 0.5) is 0 Å². The molecule has 3 heterocycles. The Kier molecular flexibility index (Phi) is 5.23. The van der Waals surface area contributed by atoms with E-state index in [1.54, 1.807) is 42.7 Å². The molecule has 5 rings (SSSR count). The molecule has 0 saturated carbocycles. The number of hydrogen-bond donors (Lipinski definition) is 1. The zero-order chi connectivity index (χ0) is 23.1. The van der Waals surface area contributed by atoms with Crippen molar-refractivity contribution in [1.29, 1.82) is 0 Å². The van der Waals surface area contributed by atoms with Crippen LogP contribution in [0.25, 0.3) is 11.0 Å². The standard InChI is InChI=1S/C26H19ClN2O4/c1-15-5-2-3-7-19(15)23-22(24(30)21-12-17-11-18(27)8-9-20(17)33-21)25(31)26(32)29(23)14-16-6-4-10-28-13-16/h2-13,23,31H,14H2,1H3. The number of halogens is 1. The van der Waals surface area contributed by atoms with E-state index in [9.17, 15) is 14.7 Å². The Morgan fingerprint density at radius 2 is 1.97 bits per heavy atom. The van der Waals surface area contributed by atoms with Gasteiger partial charge in [0.1, 0.15) is 5.58 Å². The Morgan fingerprint density at radius 3 is 2.73 bits per heavy atom. The van der Waals surface area contributed by atoms with Gasteiger partial charge in [0, 0.05) is 29.3 Å². The van der Waals surface area contributed by atoms with Crippen molar-refractivity contribution >= 4 is 34.3 Å². The van der Waals surface area contributed by atoms with Gasteiger partial charge in [-0.05, 0) is 53.9 Å². The van der Waals surface area contributed by atoms with Crippen molar-refractivity contribution in [1.82, 2.24) is 9.88 Å². The van der Waals surface area contributed by atoms with Crippen LogP contribution in [0.2, 0.25) is 5.02 Å². The molecular weight excluding hydrogens is 440 g/mol. The van der Waals surface area contributed by atoms with Crippen molar-refractivity contribution in [2.24, 2.45) is 0 Å². The fourth-order valence-electron chi connectivity index (χ4n) is 4.21. The third-order valence-corrected chi connectivity index (χ3v) is 6.04. The molecule has 0 fully saturated rings. The topological polar surface area (TPSA) is 83.6 Å². The highest BCUT2D eigenvalue weighted by molar-refractivity contribution is 6.31. The monoisotopic (exact) mass is 458 g/mol. The Labute approximate surface area is 194 Å². The minimum absolute atomic E-state index is 0.0108. The largest absolute Gasteiger partial charge is 0.503 e. The maximum absolute atomic E-state index is 13.6. The van der Waals surface area contributed by atoms with Gasteiger partial charge < -0.3 is 14.4 Å². The highest BCUT2D eigenvalue weighted by Gasteiger charge is 2.45. The number of aromatic nitrogens is 1. The number of fused-ring (bicyclic) bond motifs is 1. The van der Waals surface area contributed by atoms with Crippen LogP contribution in [0.5, 0.6) is 0 Å². The van der Waals surface area contributed by atoms with E-state index < -0.39 is 23.5 Å². The zero-order valence-electron chi connectivity index (χ0n) is 17.7. The number of pyridine rings is 1. The Balaban J connectivity index is 1.62. The van der Waals surface area contributed by atoms with Gasteiger partial charge in [0.25, 0.3) is 5.91 Å². The number of furan rings is 1. The van der Waals surface area contributed by atoms with E-state index >= 15 is 0 Å². The quantitative estimate of drug-likeness (QED) is 0.395. The van der Waals surface area contributed by atoms with Crippen molar-refractivity contribution < 1.29 is 19.1 Å². The van der Waals surface area contributed by atoms with Gasteiger partial charge in [-0.3, -0.25) is 14.6 Å². The first-order chi connectivity index (χ1) is 15.9. The molecule has 4 aromatic rings. The molecule has 2 aromatic heterocycles. The van der Waals surface area contributed by atoms with Gasteiger partial charge in [0.2, 0.25) is 5.78 Å². The van der Waals surface area contributed by atoms with E-state index in [-0.39, 0.29) is 17.9 Å². The van der Waals surface area contributed by atoms with Crippen molar-refractivity contribution in [3.63, 3.8) is 0 Å². The molecule has 164 valence electrons. The van der Waals surface area contributed by atoms with Crippen LogP contribution in [-0.4, -0.2) is 26.7 Å². The smallest absolute Gasteiger partial charge is 0.290 e. The van der Waals surface area contributed by atoms with Crippen LogP contribution in [0.1, 0.15) is 33.3 Å². The molecule has 1 atom stereocenters. The second-order valence-corrected chi connectivity index (χ2v) is 8.37. The fraction of sp³-hybridized carbons (Fsp3) is 0.115. The number of aryl methyl sites for hydroxylation is 1. The van der Waals surface area contributed by atoms with E-state index in [2.05, 4.69) is 4.98 Å². The number of carbonyl (C=O) groups is 2. The molecule has 1 N–H and O–H groups in total. The third kappa shape index (κ3) is 3.68. The molecule has 7 heteroatoms. The summed E-state index contributed by atoms with van der Waals surface area (Å²) in [6, 6.07) is 16.9. The highest BCUT2D eigenvalue weighted by atomic mass is 35.5. The summed E-state index contributed by atoms with van der Waals surface area (Å²) in [7, 11) is 0. The predicted molar refractivity (Wildman–Crippen MR) is 124 cm³/mol. The summed E-state index contributed by atoms with van der Waals surface area (Å²) < 4.78 is 5.76. The second-order valence-electron chi connectivity index (χ2n) is 7.94. The molecule has 33 heavy (non-hydrogen) atoms. The molecule has 1 aliphatic heterocycles. The lowest BCUT2D eigenvalue weighted by molar-refractivity contribution is -0.130. The van der Waals surface area contributed by atoms with E-state index in [1.165, 1.54) is 4.90 Å². The van der Waals surface area contributed by atoms with Crippen molar-refractivity contribution in [3.8, 4) is 0 Å². The Hall–Kier alpha value is -3.90. The first-order valence-electron chi connectivity index (χ1n) is 10.4. The van der Waals surface area contributed by atoms with Crippen LogP contribution < -0.4 is 0 Å². The number of Topliss-reactive ketones (excluding diaryl/α,β-unsaturated/α-hetero) is 1. The lowest BCUT2D eigenvalue weighted by Gasteiger charge is -2.27. The average Bonchev–Trinajstić information content (AvgIpc) is 3.34. The maximum atomic E-state index is 13.6. The van der Waals surface area contributed by atoms with E-state index in [4.69, 9.17) is 16.0 Å². The van der Waals surface area contributed by atoms with Gasteiger partial charge in [0.15, 0.2) is 11.5 Å². The number of benzene rings is 2. The van der Waals surface area contributed by atoms with Crippen LogP contribution in [0.3, 0.4) is 0 Å². The molecule has 0 spiro atoms. The summed E-state index contributed by atoms with van der Waals surface area (Å²) in [6.07, 6.45) is 3.30. The first kappa shape index (κ1) is 21.0. The molecule has 0 aliphatic carbocycles. The molecule has 1 unspecified atom stereocenters. The molecule has 0 saturated heterocycles. The zero-order valence-corrected chi connectivity index (χ0v) is 18.4. The molecule has 1 amide bonds. The number of aliphatic hydroxyl groups excluding tert-OH is 1. The third-order valence-electron chi connectivity index (χ3n) is 5.81. The Morgan fingerprint density at radius 1 is 1.15 bits per heavy atom. The van der Waals surface area contributed by atoms with Crippen LogP contribution in [0, 0.1) is 6.92 Å². The van der Waals surface area contributed by atoms with Gasteiger partial charge in [0.05, 0.1) is 11.6 Å². The predicted octanol–water partition coefficient (Wildman–Crippen LogP) is 5.57. The number of ketones is 1.